The fourth-order valence-electron chi connectivity index (χ4n) is 2.29. The zero-order valence-corrected chi connectivity index (χ0v) is 15.3. The van der Waals surface area contributed by atoms with Gasteiger partial charge in [0.05, 0.1) is 0 Å². The van der Waals surface area contributed by atoms with Gasteiger partial charge in [0, 0.05) is 26.4 Å². The van der Waals surface area contributed by atoms with Crippen molar-refractivity contribution in [2.45, 2.75) is 53.5 Å². The Morgan fingerprint density at radius 1 is 1.13 bits per heavy atom. The Morgan fingerprint density at radius 3 is 2.00 bits per heavy atom. The first-order valence-corrected chi connectivity index (χ1v) is 7.84. The maximum atomic E-state index is 12.6. The average molecular weight is 329 g/mol. The Bertz CT molecular complexity index is 428. The van der Waals surface area contributed by atoms with E-state index in [0.717, 1.165) is 0 Å². The molecule has 0 aromatic rings. The van der Waals surface area contributed by atoms with Crippen LogP contribution in [0.5, 0.6) is 0 Å². The minimum absolute atomic E-state index is 0.118. The molecule has 0 saturated heterocycles. The van der Waals surface area contributed by atoms with E-state index in [9.17, 15) is 14.4 Å². The summed E-state index contributed by atoms with van der Waals surface area (Å²) in [6.45, 7) is 9.51. The maximum Gasteiger partial charge on any atom is 0.245 e. The molecule has 0 aliphatic rings. The summed E-state index contributed by atoms with van der Waals surface area (Å²) in [5, 5.41) is 11.5. The van der Waals surface area contributed by atoms with Crippen LogP contribution in [0, 0.1) is 17.3 Å². The minimum atomic E-state index is -0.683. The van der Waals surface area contributed by atoms with Crippen LogP contribution >= 0.6 is 0 Å². The van der Waals surface area contributed by atoms with Crippen molar-refractivity contribution in [3.63, 3.8) is 0 Å². The summed E-state index contributed by atoms with van der Waals surface area (Å²) in [4.78, 5) is 37.8. The van der Waals surface area contributed by atoms with Crippen LogP contribution in [0.3, 0.4) is 0 Å². The summed E-state index contributed by atoms with van der Waals surface area (Å²) in [6, 6.07) is -0.683. The summed E-state index contributed by atoms with van der Waals surface area (Å²) >= 11 is 0. The molecule has 7 heteroatoms. The van der Waals surface area contributed by atoms with Crippen LogP contribution in [0.4, 0.5) is 0 Å². The Morgan fingerprint density at radius 2 is 1.65 bits per heavy atom. The van der Waals surface area contributed by atoms with Gasteiger partial charge in [-0.25, -0.2) is 5.48 Å². The van der Waals surface area contributed by atoms with Gasteiger partial charge in [0.2, 0.25) is 17.7 Å². The fraction of sp³-hybridized carbons (Fsp3) is 0.812. The lowest BCUT2D eigenvalue weighted by molar-refractivity contribution is -0.140. The number of nitrogens with one attached hydrogen (secondary N) is 2. The summed E-state index contributed by atoms with van der Waals surface area (Å²) < 4.78 is 0. The molecule has 3 amide bonds. The number of rotatable bonds is 7. The SMILES string of the molecule is CC(C)C[C@@H](CC(=O)NO)C(=O)N[C@H](C(=O)N(C)C)C(C)(C)C. The van der Waals surface area contributed by atoms with Crippen LogP contribution in [-0.2, 0) is 14.4 Å². The van der Waals surface area contributed by atoms with E-state index >= 15 is 0 Å². The minimum Gasteiger partial charge on any atom is -0.347 e. The van der Waals surface area contributed by atoms with Gasteiger partial charge in [-0.2, -0.15) is 0 Å². The molecule has 2 atom stereocenters. The molecule has 0 bridgehead atoms. The lowest BCUT2D eigenvalue weighted by Crippen LogP contribution is -2.54. The van der Waals surface area contributed by atoms with Crippen molar-refractivity contribution in [3.8, 4) is 0 Å². The second kappa shape index (κ2) is 8.86. The second-order valence-electron chi connectivity index (χ2n) is 7.61. The molecule has 0 rings (SSSR count). The maximum absolute atomic E-state index is 12.6. The number of hydroxylamine groups is 1. The van der Waals surface area contributed by atoms with E-state index in [4.69, 9.17) is 5.21 Å². The quantitative estimate of drug-likeness (QED) is 0.482. The first-order chi connectivity index (χ1) is 10.4. The molecule has 3 N–H and O–H groups in total. The van der Waals surface area contributed by atoms with Gasteiger partial charge in [-0.3, -0.25) is 19.6 Å². The van der Waals surface area contributed by atoms with Gasteiger partial charge in [0.25, 0.3) is 0 Å². The Kier molecular flexibility index (Phi) is 8.23. The monoisotopic (exact) mass is 329 g/mol. The molecule has 0 saturated carbocycles. The van der Waals surface area contributed by atoms with Crippen LogP contribution in [0.2, 0.25) is 0 Å². The van der Waals surface area contributed by atoms with Crippen molar-refractivity contribution in [2.24, 2.45) is 17.3 Å². The molecule has 7 nitrogen and oxygen atoms in total. The molecule has 0 aliphatic carbocycles. The molecule has 0 aromatic carbocycles. The van der Waals surface area contributed by atoms with Crippen LogP contribution in [0.1, 0.15) is 47.5 Å². The van der Waals surface area contributed by atoms with E-state index in [0.29, 0.717) is 6.42 Å². The molecule has 0 fully saturated rings. The first-order valence-electron chi connectivity index (χ1n) is 7.84. The summed E-state index contributed by atoms with van der Waals surface area (Å²) in [5.41, 5.74) is 1.09. The standard InChI is InChI=1S/C16H31N3O4/c1-10(2)8-11(9-12(20)18-23)14(21)17-13(16(3,4)5)15(22)19(6)7/h10-11,13,23H,8-9H2,1-7H3,(H,17,21)(H,18,20)/t11-,13+/m0/s1. The van der Waals surface area contributed by atoms with Gasteiger partial charge >= 0.3 is 0 Å². The highest BCUT2D eigenvalue weighted by atomic mass is 16.5. The van der Waals surface area contributed by atoms with E-state index in [1.807, 2.05) is 34.6 Å². The van der Waals surface area contributed by atoms with E-state index in [1.54, 1.807) is 19.6 Å². The number of amides is 3. The Hall–Kier alpha value is -1.63. The number of hydrogen-bond donors (Lipinski definition) is 3. The zero-order chi connectivity index (χ0) is 18.4. The average Bonchev–Trinajstić information content (AvgIpc) is 2.40. The number of likely N-dealkylation sites (N-methyl/N-ethyl adjacent to an activating group) is 1. The molecule has 0 radical (unpaired) electrons. The van der Waals surface area contributed by atoms with Crippen LogP contribution in [-0.4, -0.2) is 48.0 Å². The van der Waals surface area contributed by atoms with Gasteiger partial charge in [-0.05, 0) is 17.8 Å². The van der Waals surface area contributed by atoms with Gasteiger partial charge in [-0.15, -0.1) is 0 Å². The summed E-state index contributed by atoms with van der Waals surface area (Å²) in [7, 11) is 3.27. The highest BCUT2D eigenvalue weighted by Crippen LogP contribution is 2.23. The van der Waals surface area contributed by atoms with Crippen molar-refractivity contribution in [1.29, 1.82) is 0 Å². The van der Waals surface area contributed by atoms with E-state index < -0.39 is 23.3 Å². The zero-order valence-electron chi connectivity index (χ0n) is 15.3. The first kappa shape index (κ1) is 21.4. The summed E-state index contributed by atoms with van der Waals surface area (Å²) in [5.74, 6) is -1.55. The normalized spacial score (nSPS) is 14.1. The topological polar surface area (TPSA) is 98.7 Å². The third kappa shape index (κ3) is 7.45. The predicted molar refractivity (Wildman–Crippen MR) is 87.6 cm³/mol. The van der Waals surface area contributed by atoms with Gasteiger partial charge in [0.15, 0.2) is 0 Å². The van der Waals surface area contributed by atoms with Crippen molar-refractivity contribution < 1.29 is 19.6 Å². The van der Waals surface area contributed by atoms with Crippen molar-refractivity contribution in [1.82, 2.24) is 15.7 Å². The number of nitrogens with zero attached hydrogens (tertiary/aromatic N) is 1. The largest absolute Gasteiger partial charge is 0.347 e. The van der Waals surface area contributed by atoms with Crippen molar-refractivity contribution in [2.75, 3.05) is 14.1 Å². The van der Waals surface area contributed by atoms with Gasteiger partial charge in [-0.1, -0.05) is 34.6 Å². The predicted octanol–water partition coefficient (Wildman–Crippen LogP) is 1.16. The fourth-order valence-corrected chi connectivity index (χ4v) is 2.29. The second-order valence-corrected chi connectivity index (χ2v) is 7.61. The number of carbonyl (C=O) groups excluding carboxylic acids is 3. The molecule has 0 unspecified atom stereocenters. The van der Waals surface area contributed by atoms with E-state index in [2.05, 4.69) is 5.32 Å². The molecular weight excluding hydrogens is 298 g/mol. The highest BCUT2D eigenvalue weighted by molar-refractivity contribution is 5.90. The molecule has 23 heavy (non-hydrogen) atoms. The van der Waals surface area contributed by atoms with Crippen LogP contribution < -0.4 is 10.8 Å². The Labute approximate surface area is 138 Å². The highest BCUT2D eigenvalue weighted by Gasteiger charge is 2.35. The van der Waals surface area contributed by atoms with Gasteiger partial charge < -0.3 is 10.2 Å². The number of carbonyl (C=O) groups is 3. The van der Waals surface area contributed by atoms with Crippen LogP contribution in [0.25, 0.3) is 0 Å². The van der Waals surface area contributed by atoms with Crippen molar-refractivity contribution in [3.05, 3.63) is 0 Å². The summed E-state index contributed by atoms with van der Waals surface area (Å²) in [6.07, 6.45) is 0.375. The lowest BCUT2D eigenvalue weighted by atomic mass is 9.84. The third-order valence-corrected chi connectivity index (χ3v) is 3.52. The van der Waals surface area contributed by atoms with Crippen LogP contribution in [0.15, 0.2) is 0 Å². The smallest absolute Gasteiger partial charge is 0.245 e. The lowest BCUT2D eigenvalue weighted by Gasteiger charge is -2.33. The molecule has 134 valence electrons. The molecule has 0 aliphatic heterocycles. The Balaban J connectivity index is 5.23. The van der Waals surface area contributed by atoms with Gasteiger partial charge in [0.1, 0.15) is 6.04 Å². The van der Waals surface area contributed by atoms with E-state index in [1.165, 1.54) is 4.90 Å². The molecule has 0 heterocycles. The third-order valence-electron chi connectivity index (χ3n) is 3.52. The van der Waals surface area contributed by atoms with E-state index in [-0.39, 0.29) is 24.2 Å². The molecule has 0 aromatic heterocycles. The molecular formula is C16H31N3O4. The number of hydrogen-bond acceptors (Lipinski definition) is 4. The van der Waals surface area contributed by atoms with Crippen molar-refractivity contribution >= 4 is 17.7 Å². The molecule has 0 spiro atoms.